The Balaban J connectivity index is 2.36. The van der Waals surface area contributed by atoms with Crippen LogP contribution in [0.1, 0.15) is 23.2 Å². The van der Waals surface area contributed by atoms with Crippen molar-refractivity contribution >= 4 is 15.7 Å². The molecule has 5 nitrogen and oxygen atoms in total. The van der Waals surface area contributed by atoms with Gasteiger partial charge >= 0.3 is 0 Å². The smallest absolute Gasteiger partial charge is 0.152 e. The van der Waals surface area contributed by atoms with Gasteiger partial charge in [0, 0.05) is 30.9 Å². The first kappa shape index (κ1) is 15.3. The second-order valence-electron chi connectivity index (χ2n) is 5.58. The summed E-state index contributed by atoms with van der Waals surface area (Å²) >= 11 is 0. The third-order valence-corrected chi connectivity index (χ3v) is 5.65. The first-order valence-electron chi connectivity index (χ1n) is 6.89. The van der Waals surface area contributed by atoms with E-state index in [1.165, 1.54) is 5.56 Å². The first-order chi connectivity index (χ1) is 9.34. The Hall–Kier alpha value is -1.14. The predicted molar refractivity (Wildman–Crippen MR) is 81.9 cm³/mol. The maximum absolute atomic E-state index is 11.7. The van der Waals surface area contributed by atoms with E-state index in [2.05, 4.69) is 23.3 Å². The average molecular weight is 297 g/mol. The van der Waals surface area contributed by atoms with Crippen molar-refractivity contribution in [2.75, 3.05) is 30.5 Å². The maximum Gasteiger partial charge on any atom is 0.152 e. The Morgan fingerprint density at radius 2 is 2.15 bits per heavy atom. The minimum absolute atomic E-state index is 0.0318. The van der Waals surface area contributed by atoms with Crippen molar-refractivity contribution in [1.29, 1.82) is 0 Å². The van der Waals surface area contributed by atoms with Crippen LogP contribution >= 0.6 is 0 Å². The molecule has 0 aliphatic carbocycles. The molecule has 1 atom stereocenters. The number of hydrogen-bond acceptors (Lipinski definition) is 5. The van der Waals surface area contributed by atoms with Crippen molar-refractivity contribution in [2.45, 2.75) is 32.9 Å². The molecule has 20 heavy (non-hydrogen) atoms. The van der Waals surface area contributed by atoms with Crippen LogP contribution in [-0.2, 0) is 16.4 Å². The minimum atomic E-state index is -2.88. The normalized spacial score (nSPS) is 21.1. The molecule has 0 saturated carbocycles. The number of pyridine rings is 1. The predicted octanol–water partition coefficient (Wildman–Crippen LogP) is 1.04. The van der Waals surface area contributed by atoms with E-state index < -0.39 is 9.84 Å². The van der Waals surface area contributed by atoms with Crippen LogP contribution in [0.5, 0.6) is 0 Å². The largest absolute Gasteiger partial charge is 0.355 e. The lowest BCUT2D eigenvalue weighted by Crippen LogP contribution is -2.34. The second kappa shape index (κ2) is 5.69. The molecule has 2 rings (SSSR count). The van der Waals surface area contributed by atoms with Crippen molar-refractivity contribution in [3.05, 3.63) is 22.9 Å². The highest BCUT2D eigenvalue weighted by Gasteiger charge is 2.32. The summed E-state index contributed by atoms with van der Waals surface area (Å²) in [4.78, 5) is 6.67. The molecule has 0 radical (unpaired) electrons. The number of rotatable bonds is 4. The van der Waals surface area contributed by atoms with Crippen LogP contribution in [0.4, 0.5) is 5.82 Å². The molecular formula is C14H23N3O2S. The number of aryl methyl sites for hydroxylation is 2. The lowest BCUT2D eigenvalue weighted by atomic mass is 10.1. The fourth-order valence-corrected chi connectivity index (χ4v) is 4.56. The molecule has 1 aromatic rings. The van der Waals surface area contributed by atoms with Crippen LogP contribution in [0.2, 0.25) is 0 Å². The van der Waals surface area contributed by atoms with E-state index in [0.717, 1.165) is 23.6 Å². The van der Waals surface area contributed by atoms with Crippen LogP contribution in [0.3, 0.4) is 0 Å². The van der Waals surface area contributed by atoms with Crippen molar-refractivity contribution in [3.63, 3.8) is 0 Å². The number of anilines is 1. The van der Waals surface area contributed by atoms with E-state index in [0.29, 0.717) is 6.42 Å². The number of nitrogens with zero attached hydrogens (tertiary/aromatic N) is 2. The van der Waals surface area contributed by atoms with Gasteiger partial charge in [-0.05, 0) is 38.9 Å². The number of hydrogen-bond donors (Lipinski definition) is 1. The molecule has 1 N–H and O–H groups in total. The van der Waals surface area contributed by atoms with Gasteiger partial charge < -0.3 is 10.2 Å². The standard InChI is InChI=1S/C14H23N3O2S/c1-10-7-11(2)16-14(13(10)8-15-3)17(4)12-5-6-20(18,19)9-12/h7,12,15H,5-6,8-9H2,1-4H3. The van der Waals surface area contributed by atoms with Gasteiger partial charge in [-0.25, -0.2) is 13.4 Å². The molecule has 1 aliphatic rings. The van der Waals surface area contributed by atoms with Gasteiger partial charge in [0.2, 0.25) is 0 Å². The lowest BCUT2D eigenvalue weighted by Gasteiger charge is -2.28. The molecule has 0 bridgehead atoms. The van der Waals surface area contributed by atoms with E-state index in [1.54, 1.807) is 0 Å². The highest BCUT2D eigenvalue weighted by Crippen LogP contribution is 2.27. The topological polar surface area (TPSA) is 62.3 Å². The number of sulfone groups is 1. The van der Waals surface area contributed by atoms with Gasteiger partial charge in [0.1, 0.15) is 5.82 Å². The first-order valence-corrected chi connectivity index (χ1v) is 8.71. The highest BCUT2D eigenvalue weighted by atomic mass is 32.2. The van der Waals surface area contributed by atoms with E-state index in [1.807, 2.05) is 25.9 Å². The molecule has 0 amide bonds. The summed E-state index contributed by atoms with van der Waals surface area (Å²) in [5.41, 5.74) is 3.30. The zero-order valence-electron chi connectivity index (χ0n) is 12.6. The van der Waals surface area contributed by atoms with Crippen molar-refractivity contribution in [2.24, 2.45) is 0 Å². The Labute approximate surface area is 121 Å². The van der Waals surface area contributed by atoms with E-state index in [9.17, 15) is 8.42 Å². The summed E-state index contributed by atoms with van der Waals surface area (Å²) in [6.45, 7) is 4.78. The zero-order valence-corrected chi connectivity index (χ0v) is 13.4. The fraction of sp³-hybridized carbons (Fsp3) is 0.643. The van der Waals surface area contributed by atoms with Crippen molar-refractivity contribution in [1.82, 2.24) is 10.3 Å². The number of nitrogens with one attached hydrogen (secondary N) is 1. The van der Waals surface area contributed by atoms with Crippen molar-refractivity contribution in [3.8, 4) is 0 Å². The third-order valence-electron chi connectivity index (χ3n) is 3.90. The van der Waals surface area contributed by atoms with Crippen LogP contribution in [-0.4, -0.2) is 45.0 Å². The van der Waals surface area contributed by atoms with Crippen LogP contribution in [0.15, 0.2) is 6.07 Å². The lowest BCUT2D eigenvalue weighted by molar-refractivity contribution is 0.600. The molecule has 1 aliphatic heterocycles. The van der Waals surface area contributed by atoms with E-state index >= 15 is 0 Å². The van der Waals surface area contributed by atoms with E-state index in [-0.39, 0.29) is 17.5 Å². The summed E-state index contributed by atoms with van der Waals surface area (Å²) in [5.74, 6) is 1.42. The SMILES string of the molecule is CNCc1c(C)cc(C)nc1N(C)C1CCS(=O)(=O)C1. The summed E-state index contributed by atoms with van der Waals surface area (Å²) in [6.07, 6.45) is 0.687. The maximum atomic E-state index is 11.7. The van der Waals surface area contributed by atoms with Crippen LogP contribution in [0, 0.1) is 13.8 Å². The number of aromatic nitrogens is 1. The quantitative estimate of drug-likeness (QED) is 0.900. The van der Waals surface area contributed by atoms with Crippen LogP contribution in [0.25, 0.3) is 0 Å². The monoisotopic (exact) mass is 297 g/mol. The summed E-state index contributed by atoms with van der Waals surface area (Å²) in [7, 11) is 0.977. The summed E-state index contributed by atoms with van der Waals surface area (Å²) in [6, 6.07) is 2.10. The molecule has 1 saturated heterocycles. The highest BCUT2D eigenvalue weighted by molar-refractivity contribution is 7.91. The molecule has 1 unspecified atom stereocenters. The minimum Gasteiger partial charge on any atom is -0.355 e. The molecule has 6 heteroatoms. The Bertz CT molecular complexity index is 599. The Kier molecular flexibility index (Phi) is 4.34. The molecule has 1 aromatic heterocycles. The van der Waals surface area contributed by atoms with Gasteiger partial charge in [0.05, 0.1) is 11.5 Å². The summed E-state index contributed by atoms with van der Waals surface area (Å²) in [5, 5.41) is 3.16. The van der Waals surface area contributed by atoms with E-state index in [4.69, 9.17) is 0 Å². The van der Waals surface area contributed by atoms with Gasteiger partial charge in [-0.1, -0.05) is 0 Å². The van der Waals surface area contributed by atoms with Gasteiger partial charge in [-0.3, -0.25) is 0 Å². The Morgan fingerprint density at radius 1 is 1.45 bits per heavy atom. The summed E-state index contributed by atoms with van der Waals surface area (Å²) < 4.78 is 23.3. The van der Waals surface area contributed by atoms with Gasteiger partial charge in [0.25, 0.3) is 0 Å². The molecule has 112 valence electrons. The molecule has 1 fully saturated rings. The third kappa shape index (κ3) is 3.12. The molecule has 0 spiro atoms. The molecule has 2 heterocycles. The van der Waals surface area contributed by atoms with Crippen LogP contribution < -0.4 is 10.2 Å². The average Bonchev–Trinajstić information content (AvgIpc) is 2.72. The van der Waals surface area contributed by atoms with Gasteiger partial charge in [0.15, 0.2) is 9.84 Å². The van der Waals surface area contributed by atoms with Crippen molar-refractivity contribution < 1.29 is 8.42 Å². The zero-order chi connectivity index (χ0) is 14.9. The fourth-order valence-electron chi connectivity index (χ4n) is 2.78. The molecular weight excluding hydrogens is 274 g/mol. The van der Waals surface area contributed by atoms with Gasteiger partial charge in [-0.2, -0.15) is 0 Å². The van der Waals surface area contributed by atoms with Gasteiger partial charge in [-0.15, -0.1) is 0 Å². The Morgan fingerprint density at radius 3 is 2.70 bits per heavy atom. The second-order valence-corrected chi connectivity index (χ2v) is 7.81. The molecule has 0 aromatic carbocycles.